The summed E-state index contributed by atoms with van der Waals surface area (Å²) in [5, 5.41) is 4.87. The molecule has 28 heavy (non-hydrogen) atoms. The van der Waals surface area contributed by atoms with Crippen molar-refractivity contribution in [3.05, 3.63) is 58.8 Å². The first-order chi connectivity index (χ1) is 13.5. The van der Waals surface area contributed by atoms with Crippen molar-refractivity contribution in [2.75, 3.05) is 26.1 Å². The molecule has 0 saturated carbocycles. The molecular formula is C20H19N5O2S. The van der Waals surface area contributed by atoms with E-state index >= 15 is 0 Å². The second-order valence-corrected chi connectivity index (χ2v) is 7.51. The van der Waals surface area contributed by atoms with E-state index in [0.29, 0.717) is 10.2 Å². The van der Waals surface area contributed by atoms with Crippen LogP contribution in [0.25, 0.3) is 26.1 Å². The van der Waals surface area contributed by atoms with Crippen LogP contribution in [0.1, 0.15) is 12.5 Å². The molecule has 3 heterocycles. The minimum absolute atomic E-state index is 0.115. The third-order valence-electron chi connectivity index (χ3n) is 4.51. The minimum atomic E-state index is -0.115. The number of hydrogen-bond donors (Lipinski definition) is 0. The molecular weight excluding hydrogens is 374 g/mol. The van der Waals surface area contributed by atoms with Crippen LogP contribution >= 0.6 is 11.3 Å². The molecule has 0 spiro atoms. The van der Waals surface area contributed by atoms with Crippen molar-refractivity contribution in [2.24, 2.45) is 5.16 Å². The van der Waals surface area contributed by atoms with Crippen molar-refractivity contribution in [2.45, 2.75) is 6.92 Å². The van der Waals surface area contributed by atoms with Gasteiger partial charge in [-0.2, -0.15) is 0 Å². The number of rotatable bonds is 4. The second-order valence-electron chi connectivity index (χ2n) is 6.51. The van der Waals surface area contributed by atoms with Gasteiger partial charge in [0, 0.05) is 25.9 Å². The third kappa shape index (κ3) is 2.91. The minimum Gasteiger partial charge on any atom is -0.399 e. The lowest BCUT2D eigenvalue weighted by atomic mass is 10.1. The molecule has 0 saturated heterocycles. The van der Waals surface area contributed by atoms with Gasteiger partial charge < -0.3 is 9.74 Å². The van der Waals surface area contributed by atoms with Gasteiger partial charge in [-0.15, -0.1) is 11.3 Å². The van der Waals surface area contributed by atoms with Crippen LogP contribution in [0.4, 0.5) is 5.69 Å². The van der Waals surface area contributed by atoms with E-state index in [9.17, 15) is 4.79 Å². The van der Waals surface area contributed by atoms with E-state index in [4.69, 9.17) is 4.84 Å². The molecule has 0 atom stereocenters. The van der Waals surface area contributed by atoms with Gasteiger partial charge in [0.2, 0.25) is 0 Å². The van der Waals surface area contributed by atoms with Crippen LogP contribution in [0, 0.1) is 0 Å². The van der Waals surface area contributed by atoms with E-state index in [1.807, 2.05) is 56.3 Å². The van der Waals surface area contributed by atoms with Crippen molar-refractivity contribution in [3.8, 4) is 5.69 Å². The third-order valence-corrected chi connectivity index (χ3v) is 5.59. The number of aromatic nitrogens is 3. The highest BCUT2D eigenvalue weighted by atomic mass is 32.1. The molecule has 142 valence electrons. The fraction of sp³-hybridized carbons (Fsp3) is 0.200. The van der Waals surface area contributed by atoms with Gasteiger partial charge in [-0.3, -0.25) is 9.36 Å². The van der Waals surface area contributed by atoms with Crippen molar-refractivity contribution >= 4 is 43.2 Å². The molecule has 0 amide bonds. The SMILES string of the molecule is CO/N=C(/C)c1cccc(-n2cnc3c(sc4nccc(N(C)C)c43)c2=O)c1. The Kier molecular flexibility index (Phi) is 4.56. The standard InChI is InChI=1S/C20H19N5O2S/c1-12(23-27-4)13-6-5-7-14(10-13)25-11-22-17-16-15(24(2)3)8-9-21-19(16)28-18(17)20(25)26/h5-11H,1-4H3/b23-12-. The molecule has 0 aliphatic carbocycles. The monoisotopic (exact) mass is 393 g/mol. The molecule has 0 bridgehead atoms. The molecule has 1 aromatic carbocycles. The van der Waals surface area contributed by atoms with Gasteiger partial charge in [0.1, 0.15) is 23.0 Å². The highest BCUT2D eigenvalue weighted by Gasteiger charge is 2.17. The van der Waals surface area contributed by atoms with Crippen LogP contribution in [0.15, 0.2) is 52.8 Å². The number of benzene rings is 1. The molecule has 0 unspecified atom stereocenters. The summed E-state index contributed by atoms with van der Waals surface area (Å²) in [6, 6.07) is 9.50. The molecule has 0 radical (unpaired) electrons. The van der Waals surface area contributed by atoms with Crippen LogP contribution < -0.4 is 10.5 Å². The first kappa shape index (κ1) is 18.1. The molecule has 0 N–H and O–H groups in total. The molecule has 0 aliphatic heterocycles. The summed E-state index contributed by atoms with van der Waals surface area (Å²) >= 11 is 1.37. The van der Waals surface area contributed by atoms with Crippen molar-refractivity contribution < 1.29 is 4.84 Å². The van der Waals surface area contributed by atoms with Crippen LogP contribution in [0.5, 0.6) is 0 Å². The van der Waals surface area contributed by atoms with Crippen LogP contribution in [0.2, 0.25) is 0 Å². The van der Waals surface area contributed by atoms with Crippen molar-refractivity contribution in [1.82, 2.24) is 14.5 Å². The Bertz CT molecular complexity index is 1270. The summed E-state index contributed by atoms with van der Waals surface area (Å²) in [6.45, 7) is 1.85. The summed E-state index contributed by atoms with van der Waals surface area (Å²) in [5.41, 5.74) is 3.89. The number of anilines is 1. The molecule has 0 fully saturated rings. The maximum atomic E-state index is 13.2. The van der Waals surface area contributed by atoms with Gasteiger partial charge in [0.05, 0.1) is 28.0 Å². The summed E-state index contributed by atoms with van der Waals surface area (Å²) < 4.78 is 2.14. The van der Waals surface area contributed by atoms with E-state index in [2.05, 4.69) is 15.1 Å². The Morgan fingerprint density at radius 3 is 2.82 bits per heavy atom. The second kappa shape index (κ2) is 7.05. The number of pyridine rings is 1. The Labute approximate surface area is 165 Å². The molecule has 3 aromatic heterocycles. The molecule has 8 heteroatoms. The summed E-state index contributed by atoms with van der Waals surface area (Å²) in [4.78, 5) is 29.9. The van der Waals surface area contributed by atoms with E-state index in [1.165, 1.54) is 18.4 Å². The Morgan fingerprint density at radius 1 is 1.25 bits per heavy atom. The number of oxime groups is 1. The lowest BCUT2D eigenvalue weighted by molar-refractivity contribution is 0.213. The van der Waals surface area contributed by atoms with Gasteiger partial charge in [0.25, 0.3) is 5.56 Å². The average molecular weight is 393 g/mol. The predicted octanol–water partition coefficient (Wildman–Crippen LogP) is 3.43. The Morgan fingerprint density at radius 2 is 2.07 bits per heavy atom. The van der Waals surface area contributed by atoms with Gasteiger partial charge in [-0.25, -0.2) is 9.97 Å². The van der Waals surface area contributed by atoms with E-state index in [1.54, 1.807) is 17.1 Å². The van der Waals surface area contributed by atoms with Gasteiger partial charge in [-0.1, -0.05) is 17.3 Å². The van der Waals surface area contributed by atoms with Gasteiger partial charge in [0.15, 0.2) is 0 Å². The summed E-state index contributed by atoms with van der Waals surface area (Å²) in [6.07, 6.45) is 3.33. The van der Waals surface area contributed by atoms with E-state index < -0.39 is 0 Å². The highest BCUT2D eigenvalue weighted by molar-refractivity contribution is 7.25. The topological polar surface area (TPSA) is 72.6 Å². The molecule has 0 aliphatic rings. The Balaban J connectivity index is 1.94. The summed E-state index contributed by atoms with van der Waals surface area (Å²) in [7, 11) is 5.44. The quantitative estimate of drug-likeness (QED) is 0.392. The predicted molar refractivity (Wildman–Crippen MR) is 114 cm³/mol. The fourth-order valence-electron chi connectivity index (χ4n) is 3.16. The normalized spacial score (nSPS) is 11.9. The number of fused-ring (bicyclic) bond motifs is 3. The summed E-state index contributed by atoms with van der Waals surface area (Å²) in [5.74, 6) is 0. The zero-order chi connectivity index (χ0) is 19.8. The lowest BCUT2D eigenvalue weighted by Gasteiger charge is -2.13. The fourth-order valence-corrected chi connectivity index (χ4v) is 4.21. The van der Waals surface area contributed by atoms with E-state index in [0.717, 1.165) is 32.9 Å². The van der Waals surface area contributed by atoms with Gasteiger partial charge >= 0.3 is 0 Å². The molecule has 4 aromatic rings. The zero-order valence-corrected chi connectivity index (χ0v) is 16.8. The van der Waals surface area contributed by atoms with Crippen LogP contribution in [-0.4, -0.2) is 41.5 Å². The highest BCUT2D eigenvalue weighted by Crippen LogP contribution is 2.35. The first-order valence-electron chi connectivity index (χ1n) is 8.66. The molecule has 4 rings (SSSR count). The first-order valence-corrected chi connectivity index (χ1v) is 9.47. The Hall–Kier alpha value is -3.26. The van der Waals surface area contributed by atoms with Crippen molar-refractivity contribution in [1.29, 1.82) is 0 Å². The molecule has 7 nitrogen and oxygen atoms in total. The maximum absolute atomic E-state index is 13.2. The largest absolute Gasteiger partial charge is 0.399 e. The number of nitrogens with zero attached hydrogens (tertiary/aromatic N) is 5. The zero-order valence-electron chi connectivity index (χ0n) is 16.0. The van der Waals surface area contributed by atoms with Crippen LogP contribution in [0.3, 0.4) is 0 Å². The lowest BCUT2D eigenvalue weighted by Crippen LogP contribution is -2.18. The number of thiophene rings is 1. The number of hydrogen-bond acceptors (Lipinski definition) is 7. The maximum Gasteiger partial charge on any atom is 0.275 e. The van der Waals surface area contributed by atoms with Gasteiger partial charge in [-0.05, 0) is 25.1 Å². The average Bonchev–Trinajstić information content (AvgIpc) is 3.08. The van der Waals surface area contributed by atoms with Crippen molar-refractivity contribution in [3.63, 3.8) is 0 Å². The van der Waals surface area contributed by atoms with Crippen LogP contribution in [-0.2, 0) is 4.84 Å². The smallest absolute Gasteiger partial charge is 0.275 e. The van der Waals surface area contributed by atoms with E-state index in [-0.39, 0.29) is 5.56 Å².